The Bertz CT molecular complexity index is 532. The average Bonchev–Trinajstić information content (AvgIpc) is 2.46. The number of hydrogen-bond acceptors (Lipinski definition) is 2. The molecule has 0 aliphatic rings. The highest BCUT2D eigenvalue weighted by Crippen LogP contribution is 2.28. The highest BCUT2D eigenvalue weighted by molar-refractivity contribution is 6.04. The molecule has 2 rings (SSSR count). The number of nitrogens with zero attached hydrogens (tertiary/aromatic N) is 1. The molecule has 1 atom stereocenters. The smallest absolute Gasteiger partial charge is 0.0944 e. The van der Waals surface area contributed by atoms with E-state index in [0.717, 1.165) is 11.3 Å². The van der Waals surface area contributed by atoms with Gasteiger partial charge < -0.3 is 5.21 Å². The van der Waals surface area contributed by atoms with Gasteiger partial charge in [-0.15, -0.1) is 0 Å². The van der Waals surface area contributed by atoms with E-state index < -0.39 is 0 Å². The van der Waals surface area contributed by atoms with Crippen molar-refractivity contribution >= 4 is 5.71 Å². The molecule has 0 aromatic heterocycles. The number of rotatable bonds is 4. The van der Waals surface area contributed by atoms with Crippen LogP contribution in [0, 0.1) is 5.92 Å². The molecule has 1 unspecified atom stereocenters. The van der Waals surface area contributed by atoms with Crippen LogP contribution in [0.2, 0.25) is 0 Å². The summed E-state index contributed by atoms with van der Waals surface area (Å²) in [5, 5.41) is 13.0. The van der Waals surface area contributed by atoms with Gasteiger partial charge in [0.05, 0.1) is 5.71 Å². The summed E-state index contributed by atoms with van der Waals surface area (Å²) in [5.41, 5.74) is 2.86. The van der Waals surface area contributed by atoms with Crippen LogP contribution in [0.4, 0.5) is 0 Å². The van der Waals surface area contributed by atoms with Crippen LogP contribution in [-0.4, -0.2) is 10.9 Å². The van der Waals surface area contributed by atoms with Gasteiger partial charge in [-0.2, -0.15) is 0 Å². The maximum absolute atomic E-state index is 9.45. The fourth-order valence-corrected chi connectivity index (χ4v) is 2.43. The van der Waals surface area contributed by atoms with Crippen molar-refractivity contribution in [1.82, 2.24) is 0 Å². The lowest BCUT2D eigenvalue weighted by Gasteiger charge is -2.22. The van der Waals surface area contributed by atoms with Crippen molar-refractivity contribution in [3.05, 3.63) is 71.8 Å². The molecule has 0 spiro atoms. The molecule has 0 radical (unpaired) electrons. The lowest BCUT2D eigenvalue weighted by atomic mass is 9.82. The summed E-state index contributed by atoms with van der Waals surface area (Å²) < 4.78 is 0. The SMILES string of the molecule is CC(C)C(C(=NO)c1ccccc1)c1ccccc1. The molecule has 0 aliphatic carbocycles. The van der Waals surface area contributed by atoms with Crippen LogP contribution in [0.15, 0.2) is 65.8 Å². The quantitative estimate of drug-likeness (QED) is 0.491. The van der Waals surface area contributed by atoms with Gasteiger partial charge in [-0.05, 0) is 17.0 Å². The van der Waals surface area contributed by atoms with Crippen molar-refractivity contribution in [3.8, 4) is 0 Å². The lowest BCUT2D eigenvalue weighted by Crippen LogP contribution is -2.19. The Labute approximate surface area is 114 Å². The van der Waals surface area contributed by atoms with Crippen LogP contribution >= 0.6 is 0 Å². The Balaban J connectivity index is 2.44. The molecule has 1 N–H and O–H groups in total. The maximum Gasteiger partial charge on any atom is 0.0944 e. The zero-order valence-electron chi connectivity index (χ0n) is 11.3. The molecule has 0 aliphatic heterocycles. The van der Waals surface area contributed by atoms with Gasteiger partial charge in [0, 0.05) is 5.92 Å². The summed E-state index contributed by atoms with van der Waals surface area (Å²) in [5.74, 6) is 0.446. The Kier molecular flexibility index (Phi) is 4.35. The molecule has 0 amide bonds. The third-order valence-corrected chi connectivity index (χ3v) is 3.30. The maximum atomic E-state index is 9.45. The van der Waals surface area contributed by atoms with Crippen molar-refractivity contribution in [2.75, 3.05) is 0 Å². The first-order chi connectivity index (χ1) is 9.24. The summed E-state index contributed by atoms with van der Waals surface area (Å²) >= 11 is 0. The van der Waals surface area contributed by atoms with Gasteiger partial charge in [0.1, 0.15) is 0 Å². The van der Waals surface area contributed by atoms with Crippen LogP contribution in [0.25, 0.3) is 0 Å². The molecule has 2 aromatic rings. The van der Waals surface area contributed by atoms with E-state index in [-0.39, 0.29) is 5.92 Å². The first-order valence-electron chi connectivity index (χ1n) is 6.56. The van der Waals surface area contributed by atoms with E-state index in [9.17, 15) is 5.21 Å². The fraction of sp³-hybridized carbons (Fsp3) is 0.235. The molecule has 2 aromatic carbocycles. The largest absolute Gasteiger partial charge is 0.411 e. The molecule has 0 saturated carbocycles. The van der Waals surface area contributed by atoms with Gasteiger partial charge in [0.2, 0.25) is 0 Å². The number of oxime groups is 1. The monoisotopic (exact) mass is 253 g/mol. The van der Waals surface area contributed by atoms with E-state index in [1.165, 1.54) is 5.56 Å². The first-order valence-corrected chi connectivity index (χ1v) is 6.56. The first kappa shape index (κ1) is 13.3. The van der Waals surface area contributed by atoms with Gasteiger partial charge in [-0.1, -0.05) is 79.7 Å². The molecule has 2 nitrogen and oxygen atoms in total. The summed E-state index contributed by atoms with van der Waals surface area (Å²) in [7, 11) is 0. The molecule has 98 valence electrons. The third-order valence-electron chi connectivity index (χ3n) is 3.30. The molecule has 19 heavy (non-hydrogen) atoms. The van der Waals surface area contributed by atoms with E-state index in [2.05, 4.69) is 31.1 Å². The van der Waals surface area contributed by atoms with Crippen LogP contribution in [0.5, 0.6) is 0 Å². The molecule has 0 fully saturated rings. The van der Waals surface area contributed by atoms with E-state index in [1.54, 1.807) is 0 Å². The Morgan fingerprint density at radius 2 is 1.42 bits per heavy atom. The Morgan fingerprint density at radius 3 is 1.89 bits per heavy atom. The van der Waals surface area contributed by atoms with Gasteiger partial charge in [-0.3, -0.25) is 0 Å². The highest BCUT2D eigenvalue weighted by Gasteiger charge is 2.23. The highest BCUT2D eigenvalue weighted by atomic mass is 16.4. The van der Waals surface area contributed by atoms with Crippen molar-refractivity contribution < 1.29 is 5.21 Å². The van der Waals surface area contributed by atoms with Crippen molar-refractivity contribution in [2.45, 2.75) is 19.8 Å². The summed E-state index contributed by atoms with van der Waals surface area (Å²) in [6.45, 7) is 4.29. The van der Waals surface area contributed by atoms with Crippen molar-refractivity contribution in [2.24, 2.45) is 11.1 Å². The second-order valence-electron chi connectivity index (χ2n) is 4.98. The topological polar surface area (TPSA) is 32.6 Å². The van der Waals surface area contributed by atoms with Gasteiger partial charge in [0.15, 0.2) is 0 Å². The van der Waals surface area contributed by atoms with Crippen LogP contribution in [-0.2, 0) is 0 Å². The molecular formula is C17H19NO. The summed E-state index contributed by atoms with van der Waals surface area (Å²) in [6, 6.07) is 20.0. The minimum Gasteiger partial charge on any atom is -0.411 e. The van der Waals surface area contributed by atoms with E-state index in [4.69, 9.17) is 0 Å². The van der Waals surface area contributed by atoms with Gasteiger partial charge >= 0.3 is 0 Å². The second kappa shape index (κ2) is 6.19. The summed E-state index contributed by atoms with van der Waals surface area (Å²) in [4.78, 5) is 0. The second-order valence-corrected chi connectivity index (χ2v) is 4.98. The molecule has 2 heteroatoms. The molecule has 0 saturated heterocycles. The van der Waals surface area contributed by atoms with E-state index >= 15 is 0 Å². The van der Waals surface area contributed by atoms with E-state index in [0.29, 0.717) is 5.92 Å². The zero-order valence-corrected chi connectivity index (χ0v) is 11.3. The summed E-state index contributed by atoms with van der Waals surface area (Å²) in [6.07, 6.45) is 0. The molecular weight excluding hydrogens is 234 g/mol. The predicted molar refractivity (Wildman–Crippen MR) is 78.8 cm³/mol. The zero-order chi connectivity index (χ0) is 13.7. The average molecular weight is 253 g/mol. The Hall–Kier alpha value is -2.09. The number of benzene rings is 2. The van der Waals surface area contributed by atoms with Crippen molar-refractivity contribution in [3.63, 3.8) is 0 Å². The molecule has 0 heterocycles. The minimum absolute atomic E-state index is 0.0913. The fourth-order valence-electron chi connectivity index (χ4n) is 2.43. The van der Waals surface area contributed by atoms with E-state index in [1.807, 2.05) is 48.5 Å². The normalized spacial score (nSPS) is 13.5. The lowest BCUT2D eigenvalue weighted by molar-refractivity contribution is 0.315. The third kappa shape index (κ3) is 3.02. The van der Waals surface area contributed by atoms with Crippen LogP contribution in [0.3, 0.4) is 0 Å². The minimum atomic E-state index is 0.0913. The number of hydrogen-bond donors (Lipinski definition) is 1. The molecule has 0 bridgehead atoms. The standard InChI is InChI=1S/C17H19NO/c1-13(2)16(14-9-5-3-6-10-14)17(18-19)15-11-7-4-8-12-15/h3-13,16,19H,1-2H3. The van der Waals surface area contributed by atoms with Crippen LogP contribution < -0.4 is 0 Å². The van der Waals surface area contributed by atoms with Crippen LogP contribution in [0.1, 0.15) is 30.9 Å². The van der Waals surface area contributed by atoms with Gasteiger partial charge in [-0.25, -0.2) is 0 Å². The van der Waals surface area contributed by atoms with Crippen molar-refractivity contribution in [1.29, 1.82) is 0 Å². The Morgan fingerprint density at radius 1 is 0.895 bits per heavy atom. The van der Waals surface area contributed by atoms with Gasteiger partial charge in [0.25, 0.3) is 0 Å². The predicted octanol–water partition coefficient (Wildman–Crippen LogP) is 4.30.